The number of hydrogen-bond donors (Lipinski definition) is 1. The van der Waals surface area contributed by atoms with Crippen molar-refractivity contribution in [2.24, 2.45) is 5.92 Å². The van der Waals surface area contributed by atoms with E-state index in [9.17, 15) is 0 Å². The normalized spacial score (nSPS) is 17.8. The van der Waals surface area contributed by atoms with E-state index >= 15 is 0 Å². The molecule has 1 saturated carbocycles. The Labute approximate surface area is 118 Å². The van der Waals surface area contributed by atoms with E-state index in [2.05, 4.69) is 43.4 Å². The minimum absolute atomic E-state index is 0.557. The molecule has 1 aliphatic carbocycles. The van der Waals surface area contributed by atoms with Crippen LogP contribution in [0.15, 0.2) is 24.3 Å². The molecule has 0 aromatic heterocycles. The fraction of sp³-hybridized carbons (Fsp3) is 0.667. The molecule has 1 aromatic rings. The molecule has 1 atom stereocenters. The molecule has 0 radical (unpaired) electrons. The van der Waals surface area contributed by atoms with Crippen LogP contribution < -0.4 is 5.32 Å². The molecule has 106 valence electrons. The highest BCUT2D eigenvalue weighted by Gasteiger charge is 2.18. The lowest BCUT2D eigenvalue weighted by atomic mass is 9.94. The summed E-state index contributed by atoms with van der Waals surface area (Å²) in [4.78, 5) is 0. The van der Waals surface area contributed by atoms with Gasteiger partial charge in [-0.2, -0.15) is 0 Å². The summed E-state index contributed by atoms with van der Waals surface area (Å²) in [6, 6.07) is 9.65. The molecule has 2 rings (SSSR count). The van der Waals surface area contributed by atoms with Gasteiger partial charge in [-0.1, -0.05) is 62.4 Å². The second kappa shape index (κ2) is 7.69. The first-order valence-corrected chi connectivity index (χ1v) is 8.09. The summed E-state index contributed by atoms with van der Waals surface area (Å²) >= 11 is 0. The smallest absolute Gasteiger partial charge is 0.0320 e. The van der Waals surface area contributed by atoms with Crippen LogP contribution >= 0.6 is 0 Å². The van der Waals surface area contributed by atoms with Crippen LogP contribution in [0.5, 0.6) is 0 Å². The maximum absolute atomic E-state index is 3.73. The largest absolute Gasteiger partial charge is 0.310 e. The Hall–Kier alpha value is -0.820. The lowest BCUT2D eigenvalue weighted by Gasteiger charge is -2.21. The second-order valence-electron chi connectivity index (χ2n) is 6.15. The fourth-order valence-electron chi connectivity index (χ4n) is 3.21. The van der Waals surface area contributed by atoms with Crippen molar-refractivity contribution >= 4 is 0 Å². The van der Waals surface area contributed by atoms with Gasteiger partial charge in [0.1, 0.15) is 0 Å². The maximum Gasteiger partial charge on any atom is 0.0320 e. The van der Waals surface area contributed by atoms with Gasteiger partial charge < -0.3 is 5.32 Å². The van der Waals surface area contributed by atoms with Crippen LogP contribution in [0.4, 0.5) is 0 Å². The number of hydrogen-bond acceptors (Lipinski definition) is 1. The lowest BCUT2D eigenvalue weighted by Crippen LogP contribution is -2.22. The molecule has 1 aromatic carbocycles. The van der Waals surface area contributed by atoms with Crippen LogP contribution in [0.1, 0.15) is 69.0 Å². The highest BCUT2D eigenvalue weighted by molar-refractivity contribution is 5.24. The first-order chi connectivity index (χ1) is 9.29. The molecule has 1 heteroatoms. The van der Waals surface area contributed by atoms with Gasteiger partial charge in [0.05, 0.1) is 0 Å². The number of aryl methyl sites for hydroxylation is 1. The van der Waals surface area contributed by atoms with E-state index in [1.165, 1.54) is 56.1 Å². The van der Waals surface area contributed by atoms with Crippen molar-refractivity contribution in [3.8, 4) is 0 Å². The van der Waals surface area contributed by atoms with Gasteiger partial charge >= 0.3 is 0 Å². The average Bonchev–Trinajstić information content (AvgIpc) is 2.93. The van der Waals surface area contributed by atoms with E-state index in [0.717, 1.165) is 12.5 Å². The van der Waals surface area contributed by atoms with Gasteiger partial charge in [-0.25, -0.2) is 0 Å². The SMILES string of the molecule is CCCNC(CCC1CCCC1)c1ccc(C)cc1. The Balaban J connectivity index is 1.91. The fourth-order valence-corrected chi connectivity index (χ4v) is 3.21. The van der Waals surface area contributed by atoms with E-state index in [-0.39, 0.29) is 0 Å². The molecular weight excluding hydrogens is 230 g/mol. The van der Waals surface area contributed by atoms with Crippen molar-refractivity contribution in [3.05, 3.63) is 35.4 Å². The first-order valence-electron chi connectivity index (χ1n) is 8.09. The number of benzene rings is 1. The minimum Gasteiger partial charge on any atom is -0.310 e. The molecule has 0 spiro atoms. The predicted molar refractivity (Wildman–Crippen MR) is 83.4 cm³/mol. The number of rotatable bonds is 7. The highest BCUT2D eigenvalue weighted by atomic mass is 14.9. The predicted octanol–water partition coefficient (Wildman–Crippen LogP) is 5.01. The highest BCUT2D eigenvalue weighted by Crippen LogP contribution is 2.31. The second-order valence-corrected chi connectivity index (χ2v) is 6.15. The molecule has 1 fully saturated rings. The molecular formula is C18H29N. The molecule has 0 heterocycles. The third-order valence-corrected chi connectivity index (χ3v) is 4.46. The van der Waals surface area contributed by atoms with Crippen LogP contribution in [0.2, 0.25) is 0 Å². The summed E-state index contributed by atoms with van der Waals surface area (Å²) in [5.74, 6) is 0.997. The van der Waals surface area contributed by atoms with Gasteiger partial charge in [-0.05, 0) is 44.2 Å². The molecule has 1 nitrogen and oxygen atoms in total. The van der Waals surface area contributed by atoms with Gasteiger partial charge in [0, 0.05) is 6.04 Å². The summed E-state index contributed by atoms with van der Waals surface area (Å²) in [7, 11) is 0. The molecule has 1 N–H and O–H groups in total. The zero-order valence-corrected chi connectivity index (χ0v) is 12.6. The standard InChI is InChI=1S/C18H29N/c1-3-14-19-18(13-10-16-6-4-5-7-16)17-11-8-15(2)9-12-17/h8-9,11-12,16,18-19H,3-7,10,13-14H2,1-2H3. The third kappa shape index (κ3) is 4.65. The lowest BCUT2D eigenvalue weighted by molar-refractivity contribution is 0.412. The van der Waals surface area contributed by atoms with Gasteiger partial charge in [-0.3, -0.25) is 0 Å². The Morgan fingerprint density at radius 1 is 1.16 bits per heavy atom. The summed E-state index contributed by atoms with van der Waals surface area (Å²) < 4.78 is 0. The molecule has 1 aliphatic rings. The van der Waals surface area contributed by atoms with E-state index in [1.54, 1.807) is 0 Å². The molecule has 0 bridgehead atoms. The van der Waals surface area contributed by atoms with E-state index in [0.29, 0.717) is 6.04 Å². The van der Waals surface area contributed by atoms with E-state index in [1.807, 2.05) is 0 Å². The molecule has 0 aliphatic heterocycles. The van der Waals surface area contributed by atoms with Crippen molar-refractivity contribution in [1.29, 1.82) is 0 Å². The van der Waals surface area contributed by atoms with Crippen LogP contribution in [-0.2, 0) is 0 Å². The summed E-state index contributed by atoms with van der Waals surface area (Å²) in [5.41, 5.74) is 2.82. The van der Waals surface area contributed by atoms with Gasteiger partial charge in [0.15, 0.2) is 0 Å². The maximum atomic E-state index is 3.73. The Bertz CT molecular complexity index is 348. The Morgan fingerprint density at radius 2 is 1.84 bits per heavy atom. The zero-order chi connectivity index (χ0) is 13.5. The van der Waals surface area contributed by atoms with Crippen molar-refractivity contribution < 1.29 is 0 Å². The Morgan fingerprint density at radius 3 is 2.47 bits per heavy atom. The molecule has 0 amide bonds. The van der Waals surface area contributed by atoms with E-state index < -0.39 is 0 Å². The van der Waals surface area contributed by atoms with Crippen molar-refractivity contribution in [1.82, 2.24) is 5.32 Å². The first kappa shape index (κ1) is 14.6. The molecule has 1 unspecified atom stereocenters. The topological polar surface area (TPSA) is 12.0 Å². The molecule has 19 heavy (non-hydrogen) atoms. The van der Waals surface area contributed by atoms with Crippen molar-refractivity contribution in [3.63, 3.8) is 0 Å². The average molecular weight is 259 g/mol. The monoisotopic (exact) mass is 259 g/mol. The van der Waals surface area contributed by atoms with Crippen LogP contribution in [0.3, 0.4) is 0 Å². The molecule has 0 saturated heterocycles. The van der Waals surface area contributed by atoms with Gasteiger partial charge in [0.2, 0.25) is 0 Å². The zero-order valence-electron chi connectivity index (χ0n) is 12.6. The summed E-state index contributed by atoms with van der Waals surface area (Å²) in [6.07, 6.45) is 9.77. The number of nitrogens with one attached hydrogen (secondary N) is 1. The Kier molecular flexibility index (Phi) is 5.91. The van der Waals surface area contributed by atoms with Crippen LogP contribution in [0.25, 0.3) is 0 Å². The third-order valence-electron chi connectivity index (χ3n) is 4.46. The van der Waals surface area contributed by atoms with Crippen molar-refractivity contribution in [2.75, 3.05) is 6.54 Å². The quantitative estimate of drug-likeness (QED) is 0.726. The van der Waals surface area contributed by atoms with Crippen LogP contribution in [0, 0.1) is 12.8 Å². The summed E-state index contributed by atoms with van der Waals surface area (Å²) in [6.45, 7) is 5.54. The van der Waals surface area contributed by atoms with Gasteiger partial charge in [0.25, 0.3) is 0 Å². The van der Waals surface area contributed by atoms with Gasteiger partial charge in [-0.15, -0.1) is 0 Å². The minimum atomic E-state index is 0.557. The summed E-state index contributed by atoms with van der Waals surface area (Å²) in [5, 5.41) is 3.73. The van der Waals surface area contributed by atoms with E-state index in [4.69, 9.17) is 0 Å². The van der Waals surface area contributed by atoms with Crippen molar-refractivity contribution in [2.45, 2.75) is 64.8 Å². The van der Waals surface area contributed by atoms with Crippen LogP contribution in [-0.4, -0.2) is 6.54 Å².